The number of fused-ring (bicyclic) bond motifs is 1. The van der Waals surface area contributed by atoms with Crippen molar-refractivity contribution in [2.24, 2.45) is 5.92 Å². The van der Waals surface area contributed by atoms with Crippen LogP contribution in [0.3, 0.4) is 0 Å². The number of hydrogen-bond acceptors (Lipinski definition) is 2. The van der Waals surface area contributed by atoms with E-state index < -0.39 is 0 Å². The van der Waals surface area contributed by atoms with Crippen LogP contribution >= 0.6 is 11.6 Å². The molecule has 0 N–H and O–H groups in total. The molecule has 2 rings (SSSR count). The molecule has 19 heavy (non-hydrogen) atoms. The summed E-state index contributed by atoms with van der Waals surface area (Å²) in [6.45, 7) is 8.69. The van der Waals surface area contributed by atoms with Gasteiger partial charge in [-0.3, -0.25) is 0 Å². The molecule has 0 saturated heterocycles. The van der Waals surface area contributed by atoms with Gasteiger partial charge in [0.1, 0.15) is 11.3 Å². The number of alkyl halides is 1. The standard InChI is InChI=1S/C15H22ClN3/c1-5-12(6-2)11(4)19-14(10(3)16)18-13-8-7-9-17-15(13)19/h7-12H,5-6H2,1-4H3. The summed E-state index contributed by atoms with van der Waals surface area (Å²) in [5.41, 5.74) is 1.88. The molecule has 2 atom stereocenters. The van der Waals surface area contributed by atoms with Crippen LogP contribution in [-0.2, 0) is 0 Å². The minimum absolute atomic E-state index is 0.106. The van der Waals surface area contributed by atoms with Crippen molar-refractivity contribution in [3.63, 3.8) is 0 Å². The summed E-state index contributed by atoms with van der Waals surface area (Å²) < 4.78 is 2.23. The molecule has 0 saturated carbocycles. The van der Waals surface area contributed by atoms with Gasteiger partial charge in [0.25, 0.3) is 0 Å². The number of rotatable bonds is 5. The van der Waals surface area contributed by atoms with Gasteiger partial charge in [0.2, 0.25) is 0 Å². The van der Waals surface area contributed by atoms with Crippen LogP contribution < -0.4 is 0 Å². The van der Waals surface area contributed by atoms with Crippen molar-refractivity contribution in [1.82, 2.24) is 14.5 Å². The zero-order valence-corrected chi connectivity index (χ0v) is 12.9. The molecule has 0 aliphatic carbocycles. The molecule has 2 aromatic heterocycles. The second kappa shape index (κ2) is 5.91. The Morgan fingerprint density at radius 3 is 2.53 bits per heavy atom. The van der Waals surface area contributed by atoms with Crippen LogP contribution in [-0.4, -0.2) is 14.5 Å². The Balaban J connectivity index is 2.58. The van der Waals surface area contributed by atoms with E-state index in [1.165, 1.54) is 0 Å². The molecule has 104 valence electrons. The minimum Gasteiger partial charge on any atom is -0.308 e. The van der Waals surface area contributed by atoms with E-state index in [-0.39, 0.29) is 5.38 Å². The van der Waals surface area contributed by atoms with Gasteiger partial charge in [0, 0.05) is 12.2 Å². The Bertz CT molecular complexity index is 543. The molecule has 4 heteroatoms. The maximum absolute atomic E-state index is 6.30. The number of aromatic nitrogens is 3. The third-order valence-corrected chi connectivity index (χ3v) is 4.17. The number of imidazole rings is 1. The molecule has 0 fully saturated rings. The van der Waals surface area contributed by atoms with Crippen LogP contribution in [0, 0.1) is 5.92 Å². The molecular formula is C15H22ClN3. The fourth-order valence-electron chi connectivity index (χ4n) is 2.81. The Morgan fingerprint density at radius 1 is 1.26 bits per heavy atom. The average molecular weight is 280 g/mol. The third-order valence-electron chi connectivity index (χ3n) is 3.97. The van der Waals surface area contributed by atoms with Gasteiger partial charge in [-0.2, -0.15) is 0 Å². The lowest BCUT2D eigenvalue weighted by Crippen LogP contribution is -2.18. The Hall–Kier alpha value is -1.09. The highest BCUT2D eigenvalue weighted by Gasteiger charge is 2.23. The summed E-state index contributed by atoms with van der Waals surface area (Å²) in [5.74, 6) is 1.54. The van der Waals surface area contributed by atoms with Crippen molar-refractivity contribution in [3.8, 4) is 0 Å². The quantitative estimate of drug-likeness (QED) is 0.741. The molecule has 2 unspecified atom stereocenters. The van der Waals surface area contributed by atoms with Crippen LogP contribution in [0.5, 0.6) is 0 Å². The van der Waals surface area contributed by atoms with Crippen LogP contribution in [0.1, 0.15) is 57.8 Å². The maximum Gasteiger partial charge on any atom is 0.160 e. The maximum atomic E-state index is 6.30. The molecule has 0 aliphatic heterocycles. The number of pyridine rings is 1. The largest absolute Gasteiger partial charge is 0.308 e. The molecule has 0 bridgehead atoms. The summed E-state index contributed by atoms with van der Waals surface area (Å²) in [4.78, 5) is 9.15. The molecular weight excluding hydrogens is 258 g/mol. The lowest BCUT2D eigenvalue weighted by molar-refractivity contribution is 0.331. The lowest BCUT2D eigenvalue weighted by Gasteiger charge is -2.25. The third kappa shape index (κ3) is 2.62. The summed E-state index contributed by atoms with van der Waals surface area (Å²) in [6.07, 6.45) is 4.13. The van der Waals surface area contributed by atoms with E-state index in [9.17, 15) is 0 Å². The number of halogens is 1. The van der Waals surface area contributed by atoms with Crippen LogP contribution in [0.4, 0.5) is 0 Å². The minimum atomic E-state index is -0.106. The molecule has 2 aromatic rings. The molecule has 3 nitrogen and oxygen atoms in total. The van der Waals surface area contributed by atoms with Gasteiger partial charge in [0.15, 0.2) is 5.65 Å². The summed E-state index contributed by atoms with van der Waals surface area (Å²) in [7, 11) is 0. The smallest absolute Gasteiger partial charge is 0.160 e. The predicted octanol–water partition coefficient (Wildman–Crippen LogP) is 4.73. The van der Waals surface area contributed by atoms with E-state index in [2.05, 4.69) is 35.3 Å². The average Bonchev–Trinajstić information content (AvgIpc) is 2.79. The van der Waals surface area contributed by atoms with Crippen molar-refractivity contribution >= 4 is 22.8 Å². The first-order chi connectivity index (χ1) is 9.10. The predicted molar refractivity (Wildman–Crippen MR) is 80.6 cm³/mol. The van der Waals surface area contributed by atoms with Crippen LogP contribution in [0.25, 0.3) is 11.2 Å². The molecule has 0 radical (unpaired) electrons. The Labute approximate surface area is 120 Å². The van der Waals surface area contributed by atoms with Gasteiger partial charge in [-0.1, -0.05) is 26.7 Å². The van der Waals surface area contributed by atoms with Gasteiger partial charge < -0.3 is 4.57 Å². The van der Waals surface area contributed by atoms with Gasteiger partial charge >= 0.3 is 0 Å². The van der Waals surface area contributed by atoms with Crippen molar-refractivity contribution in [1.29, 1.82) is 0 Å². The van der Waals surface area contributed by atoms with E-state index >= 15 is 0 Å². The van der Waals surface area contributed by atoms with Crippen molar-refractivity contribution in [2.75, 3.05) is 0 Å². The molecule has 0 aliphatic rings. The fraction of sp³-hybridized carbons (Fsp3) is 0.600. The highest BCUT2D eigenvalue weighted by molar-refractivity contribution is 6.20. The monoisotopic (exact) mass is 279 g/mol. The summed E-state index contributed by atoms with van der Waals surface area (Å²) in [5, 5.41) is -0.106. The molecule has 0 spiro atoms. The van der Waals surface area contributed by atoms with E-state index in [4.69, 9.17) is 11.6 Å². The SMILES string of the molecule is CCC(CC)C(C)n1c(C(C)Cl)nc2cccnc21. The Kier molecular flexibility index (Phi) is 4.46. The van der Waals surface area contributed by atoms with Gasteiger partial charge in [-0.25, -0.2) is 9.97 Å². The van der Waals surface area contributed by atoms with Crippen molar-refractivity contribution in [2.45, 2.75) is 52.0 Å². The highest BCUT2D eigenvalue weighted by Crippen LogP contribution is 2.32. The second-order valence-corrected chi connectivity index (χ2v) is 5.77. The van der Waals surface area contributed by atoms with Gasteiger partial charge in [0.05, 0.1) is 5.38 Å². The number of hydrogen-bond donors (Lipinski definition) is 0. The van der Waals surface area contributed by atoms with Gasteiger partial charge in [-0.05, 0) is 31.9 Å². The molecule has 0 amide bonds. The zero-order valence-electron chi connectivity index (χ0n) is 12.1. The first-order valence-electron chi connectivity index (χ1n) is 7.07. The normalized spacial score (nSPS) is 15.1. The molecule has 0 aromatic carbocycles. The summed E-state index contributed by atoms with van der Waals surface area (Å²) in [6, 6.07) is 4.29. The van der Waals surface area contributed by atoms with Crippen LogP contribution in [0.15, 0.2) is 18.3 Å². The molecule has 2 heterocycles. The number of nitrogens with zero attached hydrogens (tertiary/aromatic N) is 3. The first kappa shape index (κ1) is 14.3. The lowest BCUT2D eigenvalue weighted by atomic mass is 9.95. The Morgan fingerprint density at radius 2 is 1.95 bits per heavy atom. The van der Waals surface area contributed by atoms with E-state index in [0.717, 1.165) is 29.8 Å². The van der Waals surface area contributed by atoms with E-state index in [1.54, 1.807) is 0 Å². The zero-order chi connectivity index (χ0) is 14.0. The summed E-state index contributed by atoms with van der Waals surface area (Å²) >= 11 is 6.30. The highest BCUT2D eigenvalue weighted by atomic mass is 35.5. The van der Waals surface area contributed by atoms with E-state index in [1.807, 2.05) is 25.3 Å². The van der Waals surface area contributed by atoms with Crippen molar-refractivity contribution < 1.29 is 0 Å². The fourth-order valence-corrected chi connectivity index (χ4v) is 2.96. The van der Waals surface area contributed by atoms with Crippen LogP contribution in [0.2, 0.25) is 0 Å². The van der Waals surface area contributed by atoms with Gasteiger partial charge in [-0.15, -0.1) is 11.6 Å². The van der Waals surface area contributed by atoms with E-state index in [0.29, 0.717) is 12.0 Å². The van der Waals surface area contributed by atoms with Crippen molar-refractivity contribution in [3.05, 3.63) is 24.2 Å². The topological polar surface area (TPSA) is 30.7 Å². The first-order valence-corrected chi connectivity index (χ1v) is 7.50. The second-order valence-electron chi connectivity index (χ2n) is 5.12.